The fraction of sp³-hybridized carbons (Fsp3) is 0.667. The van der Waals surface area contributed by atoms with Crippen LogP contribution in [0.2, 0.25) is 0 Å². The Labute approximate surface area is 167 Å². The minimum absolute atomic E-state index is 0.534. The fourth-order valence-electron chi connectivity index (χ4n) is 3.62. The monoisotopic (exact) mass is 395 g/mol. The molecule has 1 aromatic carbocycles. The third kappa shape index (κ3) is 5.47. The Bertz CT molecular complexity index is 598. The highest BCUT2D eigenvalue weighted by molar-refractivity contribution is 8.01. The molecule has 0 N–H and O–H groups in total. The third-order valence-electron chi connectivity index (χ3n) is 5.11. The summed E-state index contributed by atoms with van der Waals surface area (Å²) in [5, 5.41) is 10.8. The molecule has 5 heteroatoms. The van der Waals surface area contributed by atoms with Crippen LogP contribution in [0.3, 0.4) is 0 Å². The maximum atomic E-state index is 10.2. The molecule has 0 aromatic heterocycles. The molecule has 1 aliphatic carbocycles. The lowest BCUT2D eigenvalue weighted by Gasteiger charge is -2.33. The highest BCUT2D eigenvalue weighted by atomic mass is 35.5. The molecule has 0 bridgehead atoms. The van der Waals surface area contributed by atoms with E-state index >= 15 is 0 Å². The number of halogens is 1. The van der Waals surface area contributed by atoms with E-state index in [9.17, 15) is 5.26 Å². The topological polar surface area (TPSA) is 42.2 Å². The normalized spacial score (nSPS) is 17.3. The van der Waals surface area contributed by atoms with Crippen LogP contribution in [0.25, 0.3) is 0 Å². The van der Waals surface area contributed by atoms with Crippen LogP contribution < -0.4 is 9.47 Å². The second-order valence-electron chi connectivity index (χ2n) is 6.89. The Morgan fingerprint density at radius 2 is 1.85 bits per heavy atom. The van der Waals surface area contributed by atoms with Gasteiger partial charge in [-0.1, -0.05) is 38.2 Å². The summed E-state index contributed by atoms with van der Waals surface area (Å²) >= 11 is 7.70. The summed E-state index contributed by atoms with van der Waals surface area (Å²) in [6, 6.07) is 8.61. The number of rotatable bonds is 10. The van der Waals surface area contributed by atoms with Gasteiger partial charge >= 0.3 is 0 Å². The molecule has 0 saturated heterocycles. The molecule has 1 atom stereocenters. The number of unbranched alkanes of at least 4 members (excludes halogenated alkanes) is 2. The molecule has 144 valence electrons. The van der Waals surface area contributed by atoms with Crippen LogP contribution in [0.15, 0.2) is 18.2 Å². The molecular formula is C21H30ClNO2S. The smallest absolute Gasteiger partial charge is 0.161 e. The van der Waals surface area contributed by atoms with Gasteiger partial charge in [-0.25, -0.2) is 0 Å². The Morgan fingerprint density at radius 3 is 2.46 bits per heavy atom. The van der Waals surface area contributed by atoms with Crippen molar-refractivity contribution in [3.8, 4) is 17.6 Å². The standard InChI is InChI=1S/C21H30ClNO2S/c1-24-19-12-11-17(15-20(19)25-2)21(16-23,13-7-4-8-14-22)26-18-9-5-3-6-10-18/h11-12,15,18H,3-10,13-14H2,1-2H3. The van der Waals surface area contributed by atoms with E-state index in [2.05, 4.69) is 6.07 Å². The van der Waals surface area contributed by atoms with E-state index in [0.717, 1.165) is 31.2 Å². The molecule has 3 nitrogen and oxygen atoms in total. The van der Waals surface area contributed by atoms with Crippen molar-refractivity contribution in [2.24, 2.45) is 0 Å². The average Bonchev–Trinajstić information content (AvgIpc) is 2.70. The predicted molar refractivity (Wildman–Crippen MR) is 110 cm³/mol. The lowest BCUT2D eigenvalue weighted by atomic mass is 9.93. The van der Waals surface area contributed by atoms with Crippen LogP contribution >= 0.6 is 23.4 Å². The Kier molecular flexibility index (Phi) is 8.95. The van der Waals surface area contributed by atoms with E-state index in [4.69, 9.17) is 21.1 Å². The van der Waals surface area contributed by atoms with E-state index in [1.54, 1.807) is 14.2 Å². The molecule has 1 aliphatic rings. The first-order valence-corrected chi connectivity index (χ1v) is 11.0. The molecule has 0 radical (unpaired) electrons. The van der Waals surface area contributed by atoms with Crippen LogP contribution in [-0.2, 0) is 4.75 Å². The van der Waals surface area contributed by atoms with Crippen molar-refractivity contribution in [3.05, 3.63) is 23.8 Å². The van der Waals surface area contributed by atoms with Gasteiger partial charge in [0.15, 0.2) is 11.5 Å². The zero-order chi connectivity index (χ0) is 18.8. The summed E-state index contributed by atoms with van der Waals surface area (Å²) in [6.45, 7) is 0. The van der Waals surface area contributed by atoms with Gasteiger partial charge in [0.1, 0.15) is 4.75 Å². The van der Waals surface area contributed by atoms with Gasteiger partial charge in [-0.2, -0.15) is 5.26 Å². The summed E-state index contributed by atoms with van der Waals surface area (Å²) in [5.41, 5.74) is 1.03. The molecule has 1 aromatic rings. The zero-order valence-corrected chi connectivity index (χ0v) is 17.5. The van der Waals surface area contributed by atoms with Crippen molar-refractivity contribution in [2.45, 2.75) is 67.8 Å². The number of hydrogen-bond acceptors (Lipinski definition) is 4. The van der Waals surface area contributed by atoms with Gasteiger partial charge < -0.3 is 9.47 Å². The van der Waals surface area contributed by atoms with E-state index in [0.29, 0.717) is 22.6 Å². The van der Waals surface area contributed by atoms with E-state index < -0.39 is 4.75 Å². The van der Waals surface area contributed by atoms with Crippen LogP contribution in [0.4, 0.5) is 0 Å². The molecule has 2 rings (SSSR count). The first kappa shape index (κ1) is 21.3. The molecule has 0 amide bonds. The molecule has 0 heterocycles. The minimum Gasteiger partial charge on any atom is -0.493 e. The van der Waals surface area contributed by atoms with Crippen LogP contribution in [0, 0.1) is 11.3 Å². The molecule has 1 saturated carbocycles. The molecule has 1 unspecified atom stereocenters. The Morgan fingerprint density at radius 1 is 1.12 bits per heavy atom. The van der Waals surface area contributed by atoms with Crippen LogP contribution in [0.1, 0.15) is 63.4 Å². The van der Waals surface area contributed by atoms with Crippen molar-refractivity contribution in [1.29, 1.82) is 5.26 Å². The summed E-state index contributed by atoms with van der Waals surface area (Å²) in [7, 11) is 3.28. The van der Waals surface area contributed by atoms with Crippen LogP contribution in [0.5, 0.6) is 11.5 Å². The highest BCUT2D eigenvalue weighted by Gasteiger charge is 2.36. The molecular weight excluding hydrogens is 366 g/mol. The molecule has 0 aliphatic heterocycles. The lowest BCUT2D eigenvalue weighted by Crippen LogP contribution is -2.25. The predicted octanol–water partition coefficient (Wildman–Crippen LogP) is 6.29. The minimum atomic E-state index is -0.534. The van der Waals surface area contributed by atoms with Crippen molar-refractivity contribution in [2.75, 3.05) is 20.1 Å². The molecule has 26 heavy (non-hydrogen) atoms. The first-order chi connectivity index (χ1) is 12.7. The number of hydrogen-bond donors (Lipinski definition) is 0. The molecule has 1 fully saturated rings. The number of thioether (sulfide) groups is 1. The Hall–Kier alpha value is -1.05. The summed E-state index contributed by atoms with van der Waals surface area (Å²) in [4.78, 5) is 0. The SMILES string of the molecule is COc1ccc(C(C#N)(CCCCCCl)SC2CCCCC2)cc1OC. The quantitative estimate of drug-likeness (QED) is 0.345. The van der Waals surface area contributed by atoms with Crippen molar-refractivity contribution in [1.82, 2.24) is 0 Å². The maximum Gasteiger partial charge on any atom is 0.161 e. The number of nitrogens with zero attached hydrogens (tertiary/aromatic N) is 1. The van der Waals surface area contributed by atoms with Gasteiger partial charge in [-0.3, -0.25) is 0 Å². The van der Waals surface area contributed by atoms with Gasteiger partial charge in [0.25, 0.3) is 0 Å². The average molecular weight is 396 g/mol. The number of nitriles is 1. The van der Waals surface area contributed by atoms with Crippen molar-refractivity contribution >= 4 is 23.4 Å². The second kappa shape index (κ2) is 10.9. The number of ether oxygens (including phenoxy) is 2. The van der Waals surface area contributed by atoms with Gasteiger partial charge in [0.2, 0.25) is 0 Å². The lowest BCUT2D eigenvalue weighted by molar-refractivity contribution is 0.354. The number of methoxy groups -OCH3 is 2. The van der Waals surface area contributed by atoms with E-state index in [1.807, 2.05) is 30.0 Å². The summed E-state index contributed by atoms with van der Waals surface area (Å²) in [6.07, 6.45) is 10.2. The summed E-state index contributed by atoms with van der Waals surface area (Å²) in [5.74, 6) is 2.08. The van der Waals surface area contributed by atoms with Crippen LogP contribution in [-0.4, -0.2) is 25.3 Å². The summed E-state index contributed by atoms with van der Waals surface area (Å²) < 4.78 is 10.3. The molecule has 0 spiro atoms. The van der Waals surface area contributed by atoms with Gasteiger partial charge in [0, 0.05) is 11.1 Å². The van der Waals surface area contributed by atoms with Gasteiger partial charge in [-0.05, 0) is 43.4 Å². The van der Waals surface area contributed by atoms with E-state index in [1.165, 1.54) is 32.1 Å². The maximum absolute atomic E-state index is 10.2. The highest BCUT2D eigenvalue weighted by Crippen LogP contribution is 2.48. The fourth-order valence-corrected chi connectivity index (χ4v) is 5.52. The number of alkyl halides is 1. The van der Waals surface area contributed by atoms with E-state index in [-0.39, 0.29) is 0 Å². The second-order valence-corrected chi connectivity index (χ2v) is 8.86. The Balaban J connectivity index is 2.29. The van der Waals surface area contributed by atoms with Gasteiger partial charge in [0.05, 0.1) is 20.3 Å². The van der Waals surface area contributed by atoms with Crippen molar-refractivity contribution < 1.29 is 9.47 Å². The zero-order valence-electron chi connectivity index (χ0n) is 15.9. The number of benzene rings is 1. The van der Waals surface area contributed by atoms with Crippen molar-refractivity contribution in [3.63, 3.8) is 0 Å². The first-order valence-electron chi connectivity index (χ1n) is 9.56. The van der Waals surface area contributed by atoms with Gasteiger partial charge in [-0.15, -0.1) is 23.4 Å². The largest absolute Gasteiger partial charge is 0.493 e. The third-order valence-corrected chi connectivity index (χ3v) is 7.12.